The van der Waals surface area contributed by atoms with Crippen LogP contribution in [0.4, 0.5) is 24.5 Å². The summed E-state index contributed by atoms with van der Waals surface area (Å²) in [5.41, 5.74) is 1.64. The first-order chi connectivity index (χ1) is 14.2. The van der Waals surface area contributed by atoms with E-state index in [2.05, 4.69) is 15.7 Å². The fourth-order valence-corrected chi connectivity index (χ4v) is 2.66. The van der Waals surface area contributed by atoms with Gasteiger partial charge in [-0.15, -0.1) is 0 Å². The van der Waals surface area contributed by atoms with Crippen LogP contribution in [0.15, 0.2) is 54.7 Å². The zero-order chi connectivity index (χ0) is 21.9. The number of rotatable bonds is 5. The number of carbonyl (C=O) groups excluding carboxylic acids is 2. The van der Waals surface area contributed by atoms with Gasteiger partial charge in [-0.05, 0) is 55.0 Å². The van der Waals surface area contributed by atoms with Crippen molar-refractivity contribution in [3.05, 3.63) is 71.5 Å². The van der Waals surface area contributed by atoms with Gasteiger partial charge in [0.1, 0.15) is 0 Å². The van der Waals surface area contributed by atoms with Gasteiger partial charge in [0.15, 0.2) is 5.69 Å². The number of alkyl halides is 3. The maximum atomic E-state index is 12.7. The molecule has 3 aromatic rings. The lowest BCUT2D eigenvalue weighted by Crippen LogP contribution is -2.14. The molecular weight excluding hydrogens is 397 g/mol. The zero-order valence-corrected chi connectivity index (χ0v) is 16.2. The number of nitrogens with one attached hydrogen (secondary N) is 2. The Morgan fingerprint density at radius 1 is 1.03 bits per heavy atom. The van der Waals surface area contributed by atoms with Gasteiger partial charge in [-0.2, -0.15) is 18.3 Å². The second kappa shape index (κ2) is 8.40. The van der Waals surface area contributed by atoms with Gasteiger partial charge in [-0.25, -0.2) is 4.68 Å². The fraction of sp³-hybridized carbons (Fsp3) is 0.190. The Bertz CT molecular complexity index is 1070. The number of nitrogens with zero attached hydrogens (tertiary/aromatic N) is 2. The van der Waals surface area contributed by atoms with Crippen molar-refractivity contribution in [2.75, 3.05) is 10.6 Å². The largest absolute Gasteiger partial charge is 0.435 e. The van der Waals surface area contributed by atoms with Crippen molar-refractivity contribution in [3.63, 3.8) is 0 Å². The molecule has 2 amide bonds. The van der Waals surface area contributed by atoms with Gasteiger partial charge in [0, 0.05) is 29.6 Å². The molecular formula is C21H19F3N4O2. The average molecular weight is 416 g/mol. The number of aryl methyl sites for hydroxylation is 1. The van der Waals surface area contributed by atoms with Crippen molar-refractivity contribution in [1.29, 1.82) is 0 Å². The summed E-state index contributed by atoms with van der Waals surface area (Å²) in [6, 6.07) is 12.1. The predicted octanol–water partition coefficient (Wildman–Crippen LogP) is 4.80. The van der Waals surface area contributed by atoms with Gasteiger partial charge >= 0.3 is 6.18 Å². The Morgan fingerprint density at radius 2 is 1.73 bits per heavy atom. The lowest BCUT2D eigenvalue weighted by atomic mass is 10.1. The Kier molecular flexibility index (Phi) is 5.91. The molecule has 1 heterocycles. The number of carbonyl (C=O) groups is 2. The first-order valence-electron chi connectivity index (χ1n) is 9.12. The molecule has 30 heavy (non-hydrogen) atoms. The molecule has 0 aliphatic rings. The topological polar surface area (TPSA) is 76.0 Å². The second-order valence-corrected chi connectivity index (χ2v) is 6.58. The molecule has 9 heteroatoms. The first-order valence-corrected chi connectivity index (χ1v) is 9.12. The number of hydrogen-bond donors (Lipinski definition) is 2. The molecule has 0 spiro atoms. The maximum Gasteiger partial charge on any atom is 0.435 e. The molecule has 2 aromatic carbocycles. The highest BCUT2D eigenvalue weighted by atomic mass is 19.4. The molecule has 0 aliphatic carbocycles. The van der Waals surface area contributed by atoms with E-state index in [4.69, 9.17) is 0 Å². The summed E-state index contributed by atoms with van der Waals surface area (Å²) in [6.07, 6.45) is -2.98. The zero-order valence-electron chi connectivity index (χ0n) is 16.2. The summed E-state index contributed by atoms with van der Waals surface area (Å²) >= 11 is 0. The molecule has 0 saturated carbocycles. The quantitative estimate of drug-likeness (QED) is 0.627. The van der Waals surface area contributed by atoms with Gasteiger partial charge in [-0.1, -0.05) is 13.0 Å². The fourth-order valence-electron chi connectivity index (χ4n) is 2.66. The number of anilines is 2. The molecule has 0 atom stereocenters. The molecule has 0 bridgehead atoms. The summed E-state index contributed by atoms with van der Waals surface area (Å²) in [5.74, 6) is -0.529. The van der Waals surface area contributed by atoms with Gasteiger partial charge in [0.2, 0.25) is 5.91 Å². The van der Waals surface area contributed by atoms with E-state index in [0.29, 0.717) is 29.0 Å². The lowest BCUT2D eigenvalue weighted by molar-refractivity contribution is -0.141. The number of hydrogen-bond acceptors (Lipinski definition) is 3. The van der Waals surface area contributed by atoms with Crippen LogP contribution in [0.2, 0.25) is 0 Å². The minimum absolute atomic E-state index is 0.140. The SMILES string of the molecule is CCC(=O)Nc1ccc(C)c(NC(=O)c2ccc(-n3ccc(C(F)(F)F)n3)cc2)c1. The van der Waals surface area contributed by atoms with Crippen LogP contribution in [0.1, 0.15) is 35.0 Å². The Labute approximate surface area is 170 Å². The summed E-state index contributed by atoms with van der Waals surface area (Å²) < 4.78 is 39.2. The van der Waals surface area contributed by atoms with Crippen LogP contribution in [0, 0.1) is 6.92 Å². The molecule has 3 rings (SSSR count). The van der Waals surface area contributed by atoms with Crippen molar-refractivity contribution < 1.29 is 22.8 Å². The summed E-state index contributed by atoms with van der Waals surface area (Å²) in [5, 5.41) is 9.01. The van der Waals surface area contributed by atoms with E-state index in [1.54, 1.807) is 25.1 Å². The third-order valence-corrected chi connectivity index (χ3v) is 4.36. The first kappa shape index (κ1) is 21.1. The van der Waals surface area contributed by atoms with Crippen molar-refractivity contribution in [1.82, 2.24) is 9.78 Å². The van der Waals surface area contributed by atoms with Crippen molar-refractivity contribution in [2.24, 2.45) is 0 Å². The van der Waals surface area contributed by atoms with E-state index in [1.807, 2.05) is 6.92 Å². The molecule has 2 N–H and O–H groups in total. The number of aromatic nitrogens is 2. The normalized spacial score (nSPS) is 11.2. The summed E-state index contributed by atoms with van der Waals surface area (Å²) in [6.45, 7) is 3.56. The summed E-state index contributed by atoms with van der Waals surface area (Å²) in [7, 11) is 0. The molecule has 156 valence electrons. The Morgan fingerprint density at radius 3 is 2.33 bits per heavy atom. The molecule has 0 fully saturated rings. The highest BCUT2D eigenvalue weighted by molar-refractivity contribution is 6.05. The average Bonchev–Trinajstić information content (AvgIpc) is 3.21. The number of halogens is 3. The third-order valence-electron chi connectivity index (χ3n) is 4.36. The van der Waals surface area contributed by atoms with Crippen LogP contribution in [0.25, 0.3) is 5.69 Å². The van der Waals surface area contributed by atoms with Gasteiger partial charge in [0.05, 0.1) is 5.69 Å². The van der Waals surface area contributed by atoms with Crippen LogP contribution < -0.4 is 10.6 Å². The number of benzene rings is 2. The minimum atomic E-state index is -4.52. The van der Waals surface area contributed by atoms with E-state index >= 15 is 0 Å². The Hall–Kier alpha value is -3.62. The molecule has 0 unspecified atom stereocenters. The maximum absolute atomic E-state index is 12.7. The number of amides is 2. The minimum Gasteiger partial charge on any atom is -0.326 e. The van der Waals surface area contributed by atoms with E-state index < -0.39 is 11.9 Å². The molecule has 0 radical (unpaired) electrons. The van der Waals surface area contributed by atoms with E-state index in [9.17, 15) is 22.8 Å². The lowest BCUT2D eigenvalue weighted by Gasteiger charge is -2.12. The van der Waals surface area contributed by atoms with Crippen LogP contribution in [-0.4, -0.2) is 21.6 Å². The van der Waals surface area contributed by atoms with Crippen molar-refractivity contribution in [2.45, 2.75) is 26.4 Å². The molecule has 0 aliphatic heterocycles. The monoisotopic (exact) mass is 416 g/mol. The van der Waals surface area contributed by atoms with Crippen molar-refractivity contribution >= 4 is 23.2 Å². The predicted molar refractivity (Wildman–Crippen MR) is 107 cm³/mol. The van der Waals surface area contributed by atoms with Gasteiger partial charge < -0.3 is 10.6 Å². The van der Waals surface area contributed by atoms with Gasteiger partial charge in [-0.3, -0.25) is 9.59 Å². The van der Waals surface area contributed by atoms with Crippen LogP contribution in [-0.2, 0) is 11.0 Å². The van der Waals surface area contributed by atoms with Gasteiger partial charge in [0.25, 0.3) is 5.91 Å². The van der Waals surface area contributed by atoms with E-state index in [1.165, 1.54) is 30.5 Å². The molecule has 1 aromatic heterocycles. The van der Waals surface area contributed by atoms with Crippen LogP contribution in [0.3, 0.4) is 0 Å². The van der Waals surface area contributed by atoms with E-state index in [-0.39, 0.29) is 11.8 Å². The standard InChI is InChI=1S/C21H19F3N4O2/c1-3-19(29)25-15-7-4-13(2)17(12-15)26-20(30)14-5-8-16(9-6-14)28-11-10-18(27-28)21(22,23)24/h4-12H,3H2,1-2H3,(H,25,29)(H,26,30). The smallest absolute Gasteiger partial charge is 0.326 e. The van der Waals surface area contributed by atoms with Crippen LogP contribution >= 0.6 is 0 Å². The third kappa shape index (κ3) is 4.86. The Balaban J connectivity index is 1.74. The summed E-state index contributed by atoms with van der Waals surface area (Å²) in [4.78, 5) is 24.1. The highest BCUT2D eigenvalue weighted by Gasteiger charge is 2.33. The highest BCUT2D eigenvalue weighted by Crippen LogP contribution is 2.28. The van der Waals surface area contributed by atoms with Crippen molar-refractivity contribution in [3.8, 4) is 5.69 Å². The second-order valence-electron chi connectivity index (χ2n) is 6.58. The molecule has 0 saturated heterocycles. The van der Waals surface area contributed by atoms with Crippen LogP contribution in [0.5, 0.6) is 0 Å². The van der Waals surface area contributed by atoms with E-state index in [0.717, 1.165) is 16.3 Å². The molecule has 6 nitrogen and oxygen atoms in total.